The van der Waals surface area contributed by atoms with Gasteiger partial charge in [-0.1, -0.05) is 6.42 Å². The van der Waals surface area contributed by atoms with Crippen molar-refractivity contribution < 1.29 is 8.42 Å². The number of hydrogen-bond donors (Lipinski definition) is 2. The van der Waals surface area contributed by atoms with Crippen molar-refractivity contribution in [2.24, 2.45) is 0 Å². The Labute approximate surface area is 91.4 Å². The van der Waals surface area contributed by atoms with Crippen LogP contribution < -0.4 is 10.0 Å². The molecule has 2 saturated heterocycles. The van der Waals surface area contributed by atoms with Crippen molar-refractivity contribution in [3.8, 4) is 0 Å². The lowest BCUT2D eigenvalue weighted by molar-refractivity contribution is 0.339. The summed E-state index contributed by atoms with van der Waals surface area (Å²) in [6.07, 6.45) is 4.03. The van der Waals surface area contributed by atoms with Gasteiger partial charge in [0.1, 0.15) is 0 Å². The Bertz CT molecular complexity index is 292. The van der Waals surface area contributed by atoms with Gasteiger partial charge in [0.2, 0.25) is 0 Å². The van der Waals surface area contributed by atoms with Gasteiger partial charge in [-0.2, -0.15) is 17.4 Å². The minimum absolute atomic E-state index is 0.0805. The molecular weight excluding hydrogens is 214 g/mol. The molecule has 2 fully saturated rings. The Morgan fingerprint density at radius 3 is 2.53 bits per heavy atom. The molecule has 0 saturated carbocycles. The molecule has 2 aliphatic rings. The van der Waals surface area contributed by atoms with Gasteiger partial charge >= 0.3 is 0 Å². The van der Waals surface area contributed by atoms with E-state index in [4.69, 9.17) is 0 Å². The highest BCUT2D eigenvalue weighted by Gasteiger charge is 2.27. The Kier molecular flexibility index (Phi) is 3.60. The maximum atomic E-state index is 11.9. The van der Waals surface area contributed by atoms with Crippen molar-refractivity contribution in [2.45, 2.75) is 31.7 Å². The first-order chi connectivity index (χ1) is 7.18. The zero-order chi connectivity index (χ0) is 10.7. The second kappa shape index (κ2) is 4.78. The quantitative estimate of drug-likeness (QED) is 0.701. The number of nitrogens with zero attached hydrogens (tertiary/aromatic N) is 1. The van der Waals surface area contributed by atoms with Crippen molar-refractivity contribution in [2.75, 3.05) is 26.2 Å². The summed E-state index contributed by atoms with van der Waals surface area (Å²) in [7, 11) is -3.22. The molecule has 6 heteroatoms. The van der Waals surface area contributed by atoms with Gasteiger partial charge in [-0.3, -0.25) is 0 Å². The molecule has 1 atom stereocenters. The zero-order valence-electron chi connectivity index (χ0n) is 8.91. The number of nitrogens with one attached hydrogen (secondary N) is 2. The van der Waals surface area contributed by atoms with Gasteiger partial charge in [0.15, 0.2) is 0 Å². The molecule has 15 heavy (non-hydrogen) atoms. The van der Waals surface area contributed by atoms with Crippen molar-refractivity contribution >= 4 is 10.2 Å². The number of piperidine rings is 1. The largest absolute Gasteiger partial charge is 0.315 e. The van der Waals surface area contributed by atoms with Crippen LogP contribution in [0.4, 0.5) is 0 Å². The van der Waals surface area contributed by atoms with Crippen LogP contribution in [-0.4, -0.2) is 44.9 Å². The molecule has 0 aromatic rings. The molecule has 2 N–H and O–H groups in total. The van der Waals surface area contributed by atoms with Crippen LogP contribution >= 0.6 is 0 Å². The van der Waals surface area contributed by atoms with Crippen LogP contribution in [0.3, 0.4) is 0 Å². The van der Waals surface area contributed by atoms with Crippen molar-refractivity contribution in [1.82, 2.24) is 14.3 Å². The summed E-state index contributed by atoms with van der Waals surface area (Å²) in [6.45, 7) is 3.02. The fourth-order valence-electron chi connectivity index (χ4n) is 2.15. The molecule has 2 aliphatic heterocycles. The predicted molar refractivity (Wildman–Crippen MR) is 58.8 cm³/mol. The third kappa shape index (κ3) is 2.90. The van der Waals surface area contributed by atoms with Crippen LogP contribution in [0, 0.1) is 0 Å². The highest BCUT2D eigenvalue weighted by atomic mass is 32.2. The van der Waals surface area contributed by atoms with E-state index in [2.05, 4.69) is 10.0 Å². The van der Waals surface area contributed by atoms with Crippen molar-refractivity contribution in [3.05, 3.63) is 0 Å². The minimum atomic E-state index is -3.22. The SMILES string of the molecule is O=S(=O)(N[C@H]1CCNC1)N1CCCCC1. The number of hydrogen-bond acceptors (Lipinski definition) is 3. The topological polar surface area (TPSA) is 61.4 Å². The van der Waals surface area contributed by atoms with Gasteiger partial charge in [0.25, 0.3) is 10.2 Å². The smallest absolute Gasteiger partial charge is 0.279 e. The second-order valence-corrected chi connectivity index (χ2v) is 5.97. The minimum Gasteiger partial charge on any atom is -0.315 e. The molecule has 0 aromatic heterocycles. The summed E-state index contributed by atoms with van der Waals surface area (Å²) in [5, 5.41) is 3.15. The second-order valence-electron chi connectivity index (χ2n) is 4.27. The van der Waals surface area contributed by atoms with E-state index in [9.17, 15) is 8.42 Å². The summed E-state index contributed by atoms with van der Waals surface area (Å²) in [5.41, 5.74) is 0. The zero-order valence-corrected chi connectivity index (χ0v) is 9.72. The third-order valence-electron chi connectivity index (χ3n) is 3.03. The summed E-state index contributed by atoms with van der Waals surface area (Å²) in [6, 6.07) is 0.0805. The monoisotopic (exact) mass is 233 g/mol. The van der Waals surface area contributed by atoms with E-state index in [1.807, 2.05) is 0 Å². The first kappa shape index (κ1) is 11.3. The van der Waals surface area contributed by atoms with E-state index in [0.29, 0.717) is 13.1 Å². The van der Waals surface area contributed by atoms with E-state index < -0.39 is 10.2 Å². The van der Waals surface area contributed by atoms with Crippen LogP contribution in [0.5, 0.6) is 0 Å². The molecule has 5 nitrogen and oxygen atoms in total. The Balaban J connectivity index is 1.92. The first-order valence-corrected chi connectivity index (χ1v) is 7.10. The van der Waals surface area contributed by atoms with Gasteiger partial charge in [-0.05, 0) is 25.8 Å². The van der Waals surface area contributed by atoms with Crippen LogP contribution in [0.25, 0.3) is 0 Å². The van der Waals surface area contributed by atoms with Crippen molar-refractivity contribution in [1.29, 1.82) is 0 Å². The average molecular weight is 233 g/mol. The fraction of sp³-hybridized carbons (Fsp3) is 1.00. The lowest BCUT2D eigenvalue weighted by atomic mass is 10.2. The van der Waals surface area contributed by atoms with E-state index in [-0.39, 0.29) is 6.04 Å². The van der Waals surface area contributed by atoms with Gasteiger partial charge in [-0.15, -0.1) is 0 Å². The molecule has 2 heterocycles. The van der Waals surface area contributed by atoms with Gasteiger partial charge < -0.3 is 5.32 Å². The highest BCUT2D eigenvalue weighted by Crippen LogP contribution is 2.13. The van der Waals surface area contributed by atoms with E-state index in [1.165, 1.54) is 0 Å². The molecule has 0 radical (unpaired) electrons. The molecular formula is C9H19N3O2S. The highest BCUT2D eigenvalue weighted by molar-refractivity contribution is 7.87. The first-order valence-electron chi connectivity index (χ1n) is 5.66. The van der Waals surface area contributed by atoms with Gasteiger partial charge in [-0.25, -0.2) is 0 Å². The van der Waals surface area contributed by atoms with Crippen LogP contribution in [0.15, 0.2) is 0 Å². The van der Waals surface area contributed by atoms with E-state index >= 15 is 0 Å². The summed E-state index contributed by atoms with van der Waals surface area (Å²) in [4.78, 5) is 0. The molecule has 0 amide bonds. The molecule has 2 rings (SSSR count). The van der Waals surface area contributed by atoms with E-state index in [1.54, 1.807) is 4.31 Å². The molecule has 0 aromatic carbocycles. The number of rotatable bonds is 3. The van der Waals surface area contributed by atoms with Crippen LogP contribution in [0.1, 0.15) is 25.7 Å². The maximum Gasteiger partial charge on any atom is 0.279 e. The normalized spacial score (nSPS) is 29.5. The van der Waals surface area contributed by atoms with Gasteiger partial charge in [0, 0.05) is 25.7 Å². The standard InChI is InChI=1S/C9H19N3O2S/c13-15(14,11-9-4-5-10-8-9)12-6-2-1-3-7-12/h9-11H,1-8H2/t9-/m0/s1. The fourth-order valence-corrected chi connectivity index (χ4v) is 3.66. The lowest BCUT2D eigenvalue weighted by Gasteiger charge is -2.27. The van der Waals surface area contributed by atoms with E-state index in [0.717, 1.165) is 38.8 Å². The average Bonchev–Trinajstić information content (AvgIpc) is 2.71. The van der Waals surface area contributed by atoms with Crippen LogP contribution in [-0.2, 0) is 10.2 Å². The molecule has 0 unspecified atom stereocenters. The third-order valence-corrected chi connectivity index (χ3v) is 4.71. The maximum absolute atomic E-state index is 11.9. The van der Waals surface area contributed by atoms with Crippen molar-refractivity contribution in [3.63, 3.8) is 0 Å². The predicted octanol–water partition coefficient (Wildman–Crippen LogP) is -0.331. The molecule has 0 spiro atoms. The summed E-state index contributed by atoms with van der Waals surface area (Å²) < 4.78 is 28.2. The van der Waals surface area contributed by atoms with Crippen LogP contribution in [0.2, 0.25) is 0 Å². The lowest BCUT2D eigenvalue weighted by Crippen LogP contribution is -2.47. The molecule has 0 aliphatic carbocycles. The van der Waals surface area contributed by atoms with Gasteiger partial charge in [0.05, 0.1) is 0 Å². The summed E-state index contributed by atoms with van der Waals surface area (Å²) >= 11 is 0. The Morgan fingerprint density at radius 2 is 1.93 bits per heavy atom. The molecule has 0 bridgehead atoms. The summed E-state index contributed by atoms with van der Waals surface area (Å²) in [5.74, 6) is 0. The Hall–Kier alpha value is -0.170. The Morgan fingerprint density at radius 1 is 1.20 bits per heavy atom. The molecule has 88 valence electrons.